The van der Waals surface area contributed by atoms with Gasteiger partial charge in [0.25, 0.3) is 0 Å². The Labute approximate surface area is 124 Å². The lowest BCUT2D eigenvalue weighted by Gasteiger charge is -2.16. The molecule has 1 aromatic heterocycles. The Hall–Kier alpha value is -0.910. The number of aryl methyl sites for hydroxylation is 1. The maximum atomic E-state index is 13.1. The third kappa shape index (κ3) is 2.99. The van der Waals surface area contributed by atoms with Crippen LogP contribution in [-0.2, 0) is 6.54 Å². The molecule has 19 heavy (non-hydrogen) atoms. The van der Waals surface area contributed by atoms with E-state index in [2.05, 4.69) is 28.0 Å². The molecule has 6 heteroatoms. The van der Waals surface area contributed by atoms with Crippen molar-refractivity contribution < 1.29 is 4.39 Å². The molecule has 1 heterocycles. The van der Waals surface area contributed by atoms with Crippen molar-refractivity contribution in [2.24, 2.45) is 5.73 Å². The van der Waals surface area contributed by atoms with Crippen LogP contribution in [0.4, 0.5) is 4.39 Å². The van der Waals surface area contributed by atoms with Crippen molar-refractivity contribution in [1.82, 2.24) is 9.78 Å². The van der Waals surface area contributed by atoms with Gasteiger partial charge in [-0.15, -0.1) is 0 Å². The summed E-state index contributed by atoms with van der Waals surface area (Å²) in [7, 11) is 0. The second-order valence-corrected chi connectivity index (χ2v) is 5.51. The smallest absolute Gasteiger partial charge is 0.124 e. The van der Waals surface area contributed by atoms with Gasteiger partial charge < -0.3 is 5.73 Å². The first-order chi connectivity index (χ1) is 9.04. The molecule has 0 amide bonds. The lowest BCUT2D eigenvalue weighted by molar-refractivity contribution is 0.558. The molecule has 3 nitrogen and oxygen atoms in total. The fourth-order valence-electron chi connectivity index (χ4n) is 1.97. The lowest BCUT2D eigenvalue weighted by Crippen LogP contribution is -2.18. The highest BCUT2D eigenvalue weighted by molar-refractivity contribution is 9.10. The predicted octanol–water partition coefficient (Wildman–Crippen LogP) is 3.90. The van der Waals surface area contributed by atoms with E-state index in [-0.39, 0.29) is 5.82 Å². The summed E-state index contributed by atoms with van der Waals surface area (Å²) in [5.74, 6) is -0.373. The molecule has 0 fully saturated rings. The van der Waals surface area contributed by atoms with Crippen LogP contribution < -0.4 is 5.73 Å². The Morgan fingerprint density at radius 3 is 2.89 bits per heavy atom. The summed E-state index contributed by atoms with van der Waals surface area (Å²) < 4.78 is 15.7. The Balaban J connectivity index is 2.43. The van der Waals surface area contributed by atoms with Gasteiger partial charge in [0.15, 0.2) is 0 Å². The molecular formula is C13H14BrClFN3. The van der Waals surface area contributed by atoms with Crippen LogP contribution in [0.25, 0.3) is 0 Å². The van der Waals surface area contributed by atoms with E-state index in [9.17, 15) is 4.39 Å². The molecule has 1 aromatic carbocycles. The van der Waals surface area contributed by atoms with E-state index in [1.165, 1.54) is 12.1 Å². The highest BCUT2D eigenvalue weighted by atomic mass is 79.9. The molecule has 1 atom stereocenters. The van der Waals surface area contributed by atoms with Crippen LogP contribution in [0.1, 0.15) is 30.6 Å². The minimum absolute atomic E-state index is 0.323. The zero-order chi connectivity index (χ0) is 14.0. The molecule has 0 aliphatic rings. The maximum absolute atomic E-state index is 13.1. The van der Waals surface area contributed by atoms with Gasteiger partial charge in [-0.25, -0.2) is 4.39 Å². The van der Waals surface area contributed by atoms with Crippen LogP contribution in [0.15, 0.2) is 28.9 Å². The first-order valence-electron chi connectivity index (χ1n) is 5.96. The topological polar surface area (TPSA) is 43.8 Å². The first kappa shape index (κ1) is 14.5. The SMILES string of the molecule is CCCn1ncc(Br)c1C(N)c1ccc(F)cc1Cl. The quantitative estimate of drug-likeness (QED) is 0.912. The summed E-state index contributed by atoms with van der Waals surface area (Å²) in [4.78, 5) is 0. The molecule has 102 valence electrons. The molecule has 2 aromatic rings. The molecule has 2 rings (SSSR count). The number of nitrogens with two attached hydrogens (primary N) is 1. The monoisotopic (exact) mass is 345 g/mol. The van der Waals surface area contributed by atoms with Gasteiger partial charge >= 0.3 is 0 Å². The van der Waals surface area contributed by atoms with Crippen LogP contribution >= 0.6 is 27.5 Å². The minimum atomic E-state index is -0.448. The summed E-state index contributed by atoms with van der Waals surface area (Å²) in [6.45, 7) is 2.84. The summed E-state index contributed by atoms with van der Waals surface area (Å²) >= 11 is 9.50. The van der Waals surface area contributed by atoms with Crippen molar-refractivity contribution in [3.63, 3.8) is 0 Å². The average molecular weight is 347 g/mol. The zero-order valence-corrected chi connectivity index (χ0v) is 12.7. The standard InChI is InChI=1S/C13H14BrClFN3/c1-2-5-19-13(10(14)7-18-19)12(17)9-4-3-8(16)6-11(9)15/h3-4,6-7,12H,2,5,17H2,1H3. The van der Waals surface area contributed by atoms with E-state index in [0.29, 0.717) is 10.6 Å². The van der Waals surface area contributed by atoms with Crippen molar-refractivity contribution in [1.29, 1.82) is 0 Å². The van der Waals surface area contributed by atoms with E-state index in [4.69, 9.17) is 17.3 Å². The van der Waals surface area contributed by atoms with Crippen LogP contribution in [0.5, 0.6) is 0 Å². The molecule has 0 aliphatic carbocycles. The highest BCUT2D eigenvalue weighted by Crippen LogP contribution is 2.31. The van der Waals surface area contributed by atoms with Crippen molar-refractivity contribution in [3.05, 3.63) is 51.0 Å². The fourth-order valence-corrected chi connectivity index (χ4v) is 2.80. The Morgan fingerprint density at radius 1 is 1.53 bits per heavy atom. The minimum Gasteiger partial charge on any atom is -0.319 e. The van der Waals surface area contributed by atoms with E-state index < -0.39 is 6.04 Å². The highest BCUT2D eigenvalue weighted by Gasteiger charge is 2.20. The molecule has 0 radical (unpaired) electrons. The molecule has 0 spiro atoms. The molecular weight excluding hydrogens is 333 g/mol. The summed E-state index contributed by atoms with van der Waals surface area (Å²) in [5, 5.41) is 4.59. The van der Waals surface area contributed by atoms with Crippen molar-refractivity contribution in [2.45, 2.75) is 25.9 Å². The number of rotatable bonds is 4. The van der Waals surface area contributed by atoms with Gasteiger partial charge in [-0.2, -0.15) is 5.10 Å². The van der Waals surface area contributed by atoms with E-state index >= 15 is 0 Å². The number of hydrogen-bond donors (Lipinski definition) is 1. The van der Waals surface area contributed by atoms with Gasteiger partial charge in [0.05, 0.1) is 22.4 Å². The third-order valence-electron chi connectivity index (χ3n) is 2.86. The van der Waals surface area contributed by atoms with Crippen LogP contribution in [0, 0.1) is 5.82 Å². The maximum Gasteiger partial charge on any atom is 0.124 e. The average Bonchev–Trinajstić information content (AvgIpc) is 2.70. The summed E-state index contributed by atoms with van der Waals surface area (Å²) in [5.41, 5.74) is 7.77. The third-order valence-corrected chi connectivity index (χ3v) is 3.80. The Morgan fingerprint density at radius 2 is 2.26 bits per heavy atom. The summed E-state index contributed by atoms with van der Waals surface area (Å²) in [6, 6.07) is 3.79. The Kier molecular flexibility index (Phi) is 4.60. The van der Waals surface area contributed by atoms with E-state index in [1.54, 1.807) is 12.3 Å². The zero-order valence-electron chi connectivity index (χ0n) is 10.4. The number of aromatic nitrogens is 2. The molecule has 2 N–H and O–H groups in total. The van der Waals surface area contributed by atoms with Crippen LogP contribution in [-0.4, -0.2) is 9.78 Å². The van der Waals surface area contributed by atoms with Gasteiger partial charge in [-0.05, 0) is 40.0 Å². The molecule has 0 saturated carbocycles. The van der Waals surface area contributed by atoms with Crippen molar-refractivity contribution in [2.75, 3.05) is 0 Å². The van der Waals surface area contributed by atoms with Crippen molar-refractivity contribution in [3.8, 4) is 0 Å². The fraction of sp³-hybridized carbons (Fsp3) is 0.308. The Bertz CT molecular complexity index is 585. The number of benzene rings is 1. The predicted molar refractivity (Wildman–Crippen MR) is 77.7 cm³/mol. The molecule has 0 saturated heterocycles. The van der Waals surface area contributed by atoms with Gasteiger partial charge in [0.2, 0.25) is 0 Å². The molecule has 1 unspecified atom stereocenters. The number of halogens is 3. The first-order valence-corrected chi connectivity index (χ1v) is 7.13. The van der Waals surface area contributed by atoms with Crippen LogP contribution in [0.3, 0.4) is 0 Å². The number of nitrogens with zero attached hydrogens (tertiary/aromatic N) is 2. The normalized spacial score (nSPS) is 12.7. The molecule has 0 aliphatic heterocycles. The van der Waals surface area contributed by atoms with Gasteiger partial charge in [0, 0.05) is 11.6 Å². The largest absolute Gasteiger partial charge is 0.319 e. The van der Waals surface area contributed by atoms with Gasteiger partial charge in [-0.3, -0.25) is 4.68 Å². The van der Waals surface area contributed by atoms with Gasteiger partial charge in [-0.1, -0.05) is 24.6 Å². The van der Waals surface area contributed by atoms with E-state index in [1.807, 2.05) is 4.68 Å². The lowest BCUT2D eigenvalue weighted by atomic mass is 10.0. The molecule has 0 bridgehead atoms. The number of hydrogen-bond acceptors (Lipinski definition) is 2. The van der Waals surface area contributed by atoms with Crippen molar-refractivity contribution >= 4 is 27.5 Å². The summed E-state index contributed by atoms with van der Waals surface area (Å²) in [6.07, 6.45) is 2.66. The second kappa shape index (κ2) is 6.03. The second-order valence-electron chi connectivity index (χ2n) is 4.24. The van der Waals surface area contributed by atoms with Crippen LogP contribution in [0.2, 0.25) is 5.02 Å². The van der Waals surface area contributed by atoms with Gasteiger partial charge in [0.1, 0.15) is 5.82 Å². The van der Waals surface area contributed by atoms with E-state index in [0.717, 1.165) is 23.1 Å².